The highest BCUT2D eigenvalue weighted by molar-refractivity contribution is 5.96. The molecule has 0 aliphatic rings. The van der Waals surface area contributed by atoms with E-state index in [0.29, 0.717) is 54.3 Å². The molecule has 3 aromatic heterocycles. The van der Waals surface area contributed by atoms with Crippen LogP contribution in [0.15, 0.2) is 71.7 Å². The number of carbonyl (C=O) groups excluding carboxylic acids is 1. The van der Waals surface area contributed by atoms with Crippen molar-refractivity contribution in [1.82, 2.24) is 30.0 Å². The zero-order valence-electron chi connectivity index (χ0n) is 25.1. The molecule has 43 heavy (non-hydrogen) atoms. The molecule has 0 aliphatic heterocycles. The molecule has 4 rings (SSSR count). The second kappa shape index (κ2) is 14.7. The van der Waals surface area contributed by atoms with Gasteiger partial charge in [-0.3, -0.25) is 24.4 Å². The van der Waals surface area contributed by atoms with Crippen LogP contribution in [-0.2, 0) is 17.9 Å². The molecule has 1 amide bonds. The van der Waals surface area contributed by atoms with E-state index in [4.69, 9.17) is 18.9 Å². The second-order valence-corrected chi connectivity index (χ2v) is 9.32. The number of hydrogen-bond donors (Lipinski definition) is 1. The number of nitrogens with one attached hydrogen (secondary N) is 1. The molecule has 0 aliphatic carbocycles. The van der Waals surface area contributed by atoms with Gasteiger partial charge in [-0.05, 0) is 52.0 Å². The topological polar surface area (TPSA) is 135 Å². The highest BCUT2D eigenvalue weighted by Crippen LogP contribution is 2.32. The number of ether oxygens (including phenoxy) is 4. The number of methoxy groups -OCH3 is 2. The van der Waals surface area contributed by atoms with Crippen molar-refractivity contribution in [2.75, 3.05) is 20.8 Å². The number of pyridine rings is 1. The summed E-state index contributed by atoms with van der Waals surface area (Å²) in [6.07, 6.45) is 11.6. The summed E-state index contributed by atoms with van der Waals surface area (Å²) in [7, 11) is 3.24. The van der Waals surface area contributed by atoms with Crippen LogP contribution in [0.25, 0.3) is 10.9 Å². The van der Waals surface area contributed by atoms with E-state index in [0.717, 1.165) is 22.2 Å². The minimum atomic E-state index is -0.471. The summed E-state index contributed by atoms with van der Waals surface area (Å²) in [4.78, 5) is 30.6. The predicted octanol–water partition coefficient (Wildman–Crippen LogP) is 4.78. The van der Waals surface area contributed by atoms with Crippen LogP contribution in [0, 0.1) is 6.92 Å². The fourth-order valence-electron chi connectivity index (χ4n) is 4.24. The zero-order chi connectivity index (χ0) is 30.8. The van der Waals surface area contributed by atoms with Crippen LogP contribution >= 0.6 is 0 Å². The molecular formula is C31H35N7O5. The number of hydrogen-bond acceptors (Lipinski definition) is 10. The van der Waals surface area contributed by atoms with Gasteiger partial charge in [0.25, 0.3) is 5.91 Å². The molecule has 0 radical (unpaired) electrons. The normalized spacial score (nSPS) is 12.1. The average Bonchev–Trinajstić information content (AvgIpc) is 3.38. The van der Waals surface area contributed by atoms with Gasteiger partial charge < -0.3 is 24.3 Å². The van der Waals surface area contributed by atoms with Crippen LogP contribution in [0.5, 0.6) is 17.2 Å². The van der Waals surface area contributed by atoms with Crippen molar-refractivity contribution in [3.63, 3.8) is 0 Å². The molecule has 0 bridgehead atoms. The number of aryl methyl sites for hydroxylation is 1. The Labute approximate surface area is 250 Å². The molecule has 12 nitrogen and oxygen atoms in total. The third kappa shape index (κ3) is 8.01. The zero-order valence-corrected chi connectivity index (χ0v) is 25.1. The maximum atomic E-state index is 13.3. The van der Waals surface area contributed by atoms with Gasteiger partial charge in [0.15, 0.2) is 11.4 Å². The number of carbonyl (C=O) groups is 1. The van der Waals surface area contributed by atoms with Crippen molar-refractivity contribution in [2.45, 2.75) is 40.8 Å². The number of rotatable bonds is 13. The van der Waals surface area contributed by atoms with Crippen LogP contribution in [0.3, 0.4) is 0 Å². The number of nitrogens with zero attached hydrogens (tertiary/aromatic N) is 6. The minimum Gasteiger partial charge on any atom is -0.496 e. The summed E-state index contributed by atoms with van der Waals surface area (Å²) in [6.45, 7) is 8.35. The van der Waals surface area contributed by atoms with Crippen LogP contribution in [0.2, 0.25) is 0 Å². The molecule has 12 heteroatoms. The Bertz CT molecular complexity index is 1680. The van der Waals surface area contributed by atoms with Crippen LogP contribution in [-0.4, -0.2) is 57.7 Å². The molecule has 0 saturated heterocycles. The monoisotopic (exact) mass is 585 g/mol. The van der Waals surface area contributed by atoms with Gasteiger partial charge >= 0.3 is 0 Å². The quantitative estimate of drug-likeness (QED) is 0.134. The second-order valence-electron chi connectivity index (χ2n) is 9.32. The standard InChI is InChI=1S/C31H35N7O5/c1-7-33-29(36-31(39)30-28(42-8-2)18-38(37-30)17-23-16-32-15-20(3)35-23)10-9-21(4)43-26-11-12-34-25-14-27(41-6)22(19-40-5)13-24(25)26/h7,9-16,18H,8,17,19H2,1-6H3,(H,36,39)/b21-9+,29-10+,33-7?. The SMILES string of the molecule is CC=N/C(=C\C=C(/C)Oc1ccnc2cc(OC)c(COC)cc12)NC(=O)c1nn(Cc2cncc(C)n2)cc1OCC. The molecule has 1 aromatic carbocycles. The fraction of sp³-hybridized carbons (Fsp3) is 0.290. The first kappa shape index (κ1) is 30.8. The Kier molecular flexibility index (Phi) is 10.5. The highest BCUT2D eigenvalue weighted by Gasteiger charge is 2.19. The molecule has 224 valence electrons. The van der Waals surface area contributed by atoms with Crippen LogP contribution in [0.4, 0.5) is 0 Å². The van der Waals surface area contributed by atoms with Gasteiger partial charge in [0.1, 0.15) is 23.1 Å². The number of aliphatic imine (C=N–C) groups is 1. The molecule has 0 saturated carbocycles. The Morgan fingerprint density at radius 1 is 1.14 bits per heavy atom. The fourth-order valence-corrected chi connectivity index (χ4v) is 4.24. The number of amides is 1. The number of allylic oxidation sites excluding steroid dienone is 3. The Hall–Kier alpha value is -5.10. The lowest BCUT2D eigenvalue weighted by Gasteiger charge is -2.13. The summed E-state index contributed by atoms with van der Waals surface area (Å²) in [5.41, 5.74) is 3.23. The largest absolute Gasteiger partial charge is 0.496 e. The summed E-state index contributed by atoms with van der Waals surface area (Å²) < 4.78 is 24.2. The predicted molar refractivity (Wildman–Crippen MR) is 162 cm³/mol. The van der Waals surface area contributed by atoms with E-state index < -0.39 is 5.91 Å². The Balaban J connectivity index is 1.54. The van der Waals surface area contributed by atoms with Gasteiger partial charge in [-0.1, -0.05) is 0 Å². The van der Waals surface area contributed by atoms with Crippen molar-refractivity contribution < 1.29 is 23.7 Å². The first-order valence-electron chi connectivity index (χ1n) is 13.6. The van der Waals surface area contributed by atoms with E-state index >= 15 is 0 Å². The maximum absolute atomic E-state index is 13.3. The Morgan fingerprint density at radius 2 is 1.98 bits per heavy atom. The van der Waals surface area contributed by atoms with Crippen LogP contribution in [0.1, 0.15) is 48.2 Å². The Morgan fingerprint density at radius 3 is 2.70 bits per heavy atom. The van der Waals surface area contributed by atoms with E-state index in [1.165, 1.54) is 0 Å². The molecule has 4 aromatic rings. The number of fused-ring (bicyclic) bond motifs is 1. The molecule has 3 heterocycles. The lowest BCUT2D eigenvalue weighted by molar-refractivity contribution is 0.0956. The lowest BCUT2D eigenvalue weighted by Crippen LogP contribution is -2.23. The van der Waals surface area contributed by atoms with E-state index in [9.17, 15) is 4.79 Å². The summed E-state index contributed by atoms with van der Waals surface area (Å²) in [5.74, 6) is 2.04. The van der Waals surface area contributed by atoms with Crippen molar-refractivity contribution in [3.8, 4) is 17.2 Å². The maximum Gasteiger partial charge on any atom is 0.281 e. The molecule has 0 unspecified atom stereocenters. The average molecular weight is 586 g/mol. The molecule has 0 fully saturated rings. The van der Waals surface area contributed by atoms with Gasteiger partial charge in [0, 0.05) is 42.7 Å². The van der Waals surface area contributed by atoms with Crippen molar-refractivity contribution in [1.29, 1.82) is 0 Å². The highest BCUT2D eigenvalue weighted by atomic mass is 16.5. The minimum absolute atomic E-state index is 0.127. The van der Waals surface area contributed by atoms with Gasteiger partial charge in [0.2, 0.25) is 0 Å². The summed E-state index contributed by atoms with van der Waals surface area (Å²) in [5, 5.41) is 8.06. The van der Waals surface area contributed by atoms with E-state index in [1.54, 1.807) is 82.0 Å². The van der Waals surface area contributed by atoms with E-state index in [2.05, 4.69) is 30.4 Å². The molecular weight excluding hydrogens is 550 g/mol. The van der Waals surface area contributed by atoms with Crippen molar-refractivity contribution in [2.24, 2.45) is 4.99 Å². The van der Waals surface area contributed by atoms with Gasteiger partial charge in [0.05, 0.1) is 56.2 Å². The van der Waals surface area contributed by atoms with E-state index in [1.807, 2.05) is 26.0 Å². The summed E-state index contributed by atoms with van der Waals surface area (Å²) in [6, 6.07) is 5.58. The third-order valence-electron chi connectivity index (χ3n) is 6.03. The smallest absolute Gasteiger partial charge is 0.281 e. The molecule has 1 N–H and O–H groups in total. The summed E-state index contributed by atoms with van der Waals surface area (Å²) >= 11 is 0. The third-order valence-corrected chi connectivity index (χ3v) is 6.03. The first-order chi connectivity index (χ1) is 20.8. The number of aromatic nitrogens is 5. The molecule has 0 spiro atoms. The van der Waals surface area contributed by atoms with Gasteiger partial charge in [-0.15, -0.1) is 0 Å². The van der Waals surface area contributed by atoms with E-state index in [-0.39, 0.29) is 5.69 Å². The van der Waals surface area contributed by atoms with Gasteiger partial charge in [-0.2, -0.15) is 5.10 Å². The molecule has 0 atom stereocenters. The number of benzene rings is 1. The van der Waals surface area contributed by atoms with Crippen LogP contribution < -0.4 is 19.5 Å². The van der Waals surface area contributed by atoms with Gasteiger partial charge in [-0.25, -0.2) is 4.99 Å². The van der Waals surface area contributed by atoms with Crippen molar-refractivity contribution >= 4 is 23.0 Å². The lowest BCUT2D eigenvalue weighted by atomic mass is 10.1. The first-order valence-corrected chi connectivity index (χ1v) is 13.6. The van der Waals surface area contributed by atoms with Crippen molar-refractivity contribution in [3.05, 3.63) is 89.4 Å².